The van der Waals surface area contributed by atoms with Crippen LogP contribution in [0.25, 0.3) is 0 Å². The molecule has 3 nitrogen and oxygen atoms in total. The molecular weight excluding hydrogens is 374 g/mol. The zero-order valence-electron chi connectivity index (χ0n) is 10.7. The fourth-order valence-electron chi connectivity index (χ4n) is 2.03. The maximum Gasteiger partial charge on any atom is 0.296 e. The average molecular weight is 383 g/mol. The summed E-state index contributed by atoms with van der Waals surface area (Å²) >= 11 is 11.2. The summed E-state index contributed by atoms with van der Waals surface area (Å²) in [7, 11) is 0. The number of thioether (sulfide) groups is 1. The molecule has 3 rings (SSSR count). The Hall–Kier alpha value is -1.30. The van der Waals surface area contributed by atoms with Crippen molar-refractivity contribution >= 4 is 56.7 Å². The van der Waals surface area contributed by atoms with Crippen LogP contribution < -0.4 is 5.32 Å². The quantitative estimate of drug-likeness (QED) is 0.626. The van der Waals surface area contributed by atoms with Crippen molar-refractivity contribution in [3.63, 3.8) is 0 Å². The first-order valence-electron chi connectivity index (χ1n) is 6.11. The summed E-state index contributed by atoms with van der Waals surface area (Å²) in [5, 5.41) is 3.30. The second kappa shape index (κ2) is 5.83. The van der Waals surface area contributed by atoms with Crippen LogP contribution in [0.4, 0.5) is 5.69 Å². The second-order valence-corrected chi connectivity index (χ2v) is 6.77. The minimum Gasteiger partial charge on any atom is -0.318 e. The number of anilines is 1. The number of rotatable bonds is 3. The van der Waals surface area contributed by atoms with Gasteiger partial charge >= 0.3 is 0 Å². The van der Waals surface area contributed by atoms with Crippen LogP contribution in [0.15, 0.2) is 45.8 Å². The molecule has 2 aromatic rings. The van der Waals surface area contributed by atoms with Gasteiger partial charge in [0.05, 0.1) is 11.3 Å². The molecule has 106 valence electrons. The van der Waals surface area contributed by atoms with E-state index < -0.39 is 11.7 Å². The van der Waals surface area contributed by atoms with Crippen LogP contribution in [0.3, 0.4) is 0 Å². The van der Waals surface area contributed by atoms with E-state index in [-0.39, 0.29) is 0 Å². The van der Waals surface area contributed by atoms with E-state index in [4.69, 9.17) is 11.6 Å². The van der Waals surface area contributed by atoms with E-state index in [1.165, 1.54) is 0 Å². The van der Waals surface area contributed by atoms with Gasteiger partial charge in [-0.15, -0.1) is 11.8 Å². The highest BCUT2D eigenvalue weighted by atomic mass is 79.9. The van der Waals surface area contributed by atoms with Gasteiger partial charge in [0, 0.05) is 20.1 Å². The van der Waals surface area contributed by atoms with Crippen LogP contribution in [-0.2, 0) is 10.5 Å². The molecule has 0 unspecified atom stereocenters. The lowest BCUT2D eigenvalue weighted by molar-refractivity contribution is -0.112. The third-order valence-electron chi connectivity index (χ3n) is 3.11. The Kier molecular flexibility index (Phi) is 4.06. The van der Waals surface area contributed by atoms with Gasteiger partial charge in [-0.2, -0.15) is 0 Å². The van der Waals surface area contributed by atoms with E-state index in [0.29, 0.717) is 17.0 Å². The standard InChI is InChI=1S/C15H9BrClNO2S/c16-10-5-9-12(18-15(20)14(9)19)6-13(10)21-7-8-3-1-2-4-11(8)17/h1-6H,7H2,(H,18,19,20). The number of amides is 1. The monoisotopic (exact) mass is 381 g/mol. The number of hydrogen-bond donors (Lipinski definition) is 1. The Bertz CT molecular complexity index is 763. The Morgan fingerprint density at radius 3 is 2.71 bits per heavy atom. The molecule has 0 aliphatic carbocycles. The molecule has 21 heavy (non-hydrogen) atoms. The summed E-state index contributed by atoms with van der Waals surface area (Å²) in [6.07, 6.45) is 0. The largest absolute Gasteiger partial charge is 0.318 e. The Balaban J connectivity index is 1.85. The first-order valence-corrected chi connectivity index (χ1v) is 8.27. The van der Waals surface area contributed by atoms with E-state index in [1.807, 2.05) is 30.3 Å². The summed E-state index contributed by atoms with van der Waals surface area (Å²) in [6.45, 7) is 0. The predicted molar refractivity (Wildman–Crippen MR) is 88.1 cm³/mol. The highest BCUT2D eigenvalue weighted by Gasteiger charge is 2.28. The topological polar surface area (TPSA) is 46.2 Å². The van der Waals surface area contributed by atoms with Gasteiger partial charge in [0.15, 0.2) is 0 Å². The lowest BCUT2D eigenvalue weighted by atomic mass is 10.1. The molecule has 1 aliphatic heterocycles. The molecule has 0 radical (unpaired) electrons. The molecule has 0 saturated heterocycles. The van der Waals surface area contributed by atoms with Crippen LogP contribution in [-0.4, -0.2) is 11.7 Å². The summed E-state index contributed by atoms with van der Waals surface area (Å²) < 4.78 is 0.795. The number of benzene rings is 2. The van der Waals surface area contributed by atoms with Crippen molar-refractivity contribution < 1.29 is 9.59 Å². The van der Waals surface area contributed by atoms with Crippen LogP contribution >= 0.6 is 39.3 Å². The molecule has 1 aliphatic rings. The van der Waals surface area contributed by atoms with Crippen LogP contribution in [0, 0.1) is 0 Å². The first kappa shape index (κ1) is 14.6. The number of halogens is 2. The molecule has 0 atom stereocenters. The fourth-order valence-corrected chi connectivity index (χ4v) is 3.96. The normalized spacial score (nSPS) is 13.2. The second-order valence-electron chi connectivity index (χ2n) is 4.49. The van der Waals surface area contributed by atoms with Crippen LogP contribution in [0.1, 0.15) is 15.9 Å². The van der Waals surface area contributed by atoms with Crippen LogP contribution in [0.5, 0.6) is 0 Å². The third kappa shape index (κ3) is 2.86. The van der Waals surface area contributed by atoms with Gasteiger partial charge in [-0.25, -0.2) is 0 Å². The smallest absolute Gasteiger partial charge is 0.296 e. The average Bonchev–Trinajstić information content (AvgIpc) is 2.73. The minimum atomic E-state index is -0.579. The van der Waals surface area contributed by atoms with Gasteiger partial charge < -0.3 is 5.32 Å². The summed E-state index contributed by atoms with van der Waals surface area (Å²) in [4.78, 5) is 24.0. The summed E-state index contributed by atoms with van der Waals surface area (Å²) in [5.41, 5.74) is 2.01. The van der Waals surface area contributed by atoms with Gasteiger partial charge in [0.2, 0.25) is 0 Å². The van der Waals surface area contributed by atoms with Crippen molar-refractivity contribution in [1.29, 1.82) is 0 Å². The van der Waals surface area contributed by atoms with Crippen molar-refractivity contribution in [3.8, 4) is 0 Å². The van der Waals surface area contributed by atoms with Gasteiger partial charge in [-0.1, -0.05) is 29.8 Å². The summed E-state index contributed by atoms with van der Waals surface area (Å²) in [6, 6.07) is 11.2. The molecule has 1 amide bonds. The highest BCUT2D eigenvalue weighted by Crippen LogP contribution is 2.37. The van der Waals surface area contributed by atoms with Crippen LogP contribution in [0.2, 0.25) is 5.02 Å². The zero-order valence-corrected chi connectivity index (χ0v) is 13.8. The number of Topliss-reactive ketones (excluding diaryl/α,β-unsaturated/α-hetero) is 1. The Morgan fingerprint density at radius 1 is 1.19 bits per heavy atom. The summed E-state index contributed by atoms with van der Waals surface area (Å²) in [5.74, 6) is -0.364. The predicted octanol–water partition coefficient (Wildman–Crippen LogP) is 4.53. The molecule has 2 aromatic carbocycles. The van der Waals surface area contributed by atoms with Gasteiger partial charge in [-0.3, -0.25) is 9.59 Å². The third-order valence-corrected chi connectivity index (χ3v) is 5.50. The lowest BCUT2D eigenvalue weighted by Gasteiger charge is -2.08. The minimum absolute atomic E-state index is 0.411. The Labute approximate surface area is 139 Å². The van der Waals surface area contributed by atoms with E-state index in [9.17, 15) is 9.59 Å². The van der Waals surface area contributed by atoms with Gasteiger partial charge in [0.1, 0.15) is 0 Å². The molecule has 1 N–H and O–H groups in total. The number of ketones is 1. The SMILES string of the molecule is O=C1Nc2cc(SCc3ccccc3Cl)c(Br)cc2C1=O. The number of carbonyl (C=O) groups excluding carboxylic acids is 2. The number of carbonyl (C=O) groups is 2. The number of hydrogen-bond acceptors (Lipinski definition) is 3. The van der Waals surface area contributed by atoms with Crippen molar-refractivity contribution in [2.24, 2.45) is 0 Å². The highest BCUT2D eigenvalue weighted by molar-refractivity contribution is 9.10. The first-order chi connectivity index (χ1) is 10.1. The number of fused-ring (bicyclic) bond motifs is 1. The maximum atomic E-state index is 11.6. The molecule has 0 fully saturated rings. The molecule has 0 aromatic heterocycles. The van der Waals surface area contributed by atoms with E-state index in [2.05, 4.69) is 21.2 Å². The van der Waals surface area contributed by atoms with E-state index >= 15 is 0 Å². The maximum absolute atomic E-state index is 11.6. The van der Waals surface area contributed by atoms with E-state index in [0.717, 1.165) is 20.0 Å². The van der Waals surface area contributed by atoms with E-state index in [1.54, 1.807) is 17.8 Å². The van der Waals surface area contributed by atoms with Gasteiger partial charge in [0.25, 0.3) is 11.7 Å². The molecular formula is C15H9BrClNO2S. The number of nitrogens with one attached hydrogen (secondary N) is 1. The zero-order chi connectivity index (χ0) is 15.0. The molecule has 6 heteroatoms. The molecule has 0 saturated carbocycles. The Morgan fingerprint density at radius 2 is 1.95 bits per heavy atom. The fraction of sp³-hybridized carbons (Fsp3) is 0.0667. The van der Waals surface area contributed by atoms with Crippen molar-refractivity contribution in [1.82, 2.24) is 0 Å². The molecule has 0 spiro atoms. The van der Waals surface area contributed by atoms with Crippen molar-refractivity contribution in [3.05, 3.63) is 57.0 Å². The lowest BCUT2D eigenvalue weighted by Crippen LogP contribution is -2.12. The molecule has 0 bridgehead atoms. The van der Waals surface area contributed by atoms with Crippen molar-refractivity contribution in [2.75, 3.05) is 5.32 Å². The van der Waals surface area contributed by atoms with Crippen molar-refractivity contribution in [2.45, 2.75) is 10.6 Å². The van der Waals surface area contributed by atoms with Gasteiger partial charge in [-0.05, 0) is 39.7 Å². The molecule has 1 heterocycles.